The van der Waals surface area contributed by atoms with Crippen molar-refractivity contribution in [3.8, 4) is 0 Å². The van der Waals surface area contributed by atoms with E-state index in [2.05, 4.69) is 15.6 Å². The average Bonchev–Trinajstić information content (AvgIpc) is 3.02. The molecular formula is C18H22N4O2S2. The minimum atomic E-state index is -0.339. The molecule has 0 unspecified atom stereocenters. The Balaban J connectivity index is 1.54. The maximum Gasteiger partial charge on any atom is 0.319 e. The van der Waals surface area contributed by atoms with Crippen molar-refractivity contribution >= 4 is 40.7 Å². The molecule has 26 heavy (non-hydrogen) atoms. The first-order valence-corrected chi connectivity index (χ1v) is 10.3. The Kier molecular flexibility index (Phi) is 6.16. The number of rotatable bonds is 5. The number of benzene rings is 1. The highest BCUT2D eigenvalue weighted by molar-refractivity contribution is 8.01. The molecule has 0 radical (unpaired) electrons. The number of hydrogen-bond acceptors (Lipinski definition) is 5. The zero-order chi connectivity index (χ0) is 18.5. The standard InChI is InChI=1S/C18H22N4O2S2/c1-11-10-25-18(20-11)26-13-8-6-12(7-9-13)21-17(24)22-15-5-3-2-4-14(15)16(19)23/h6-10,14-15H,2-5H2,1H3,(H2,19,23)(H2,21,22,24)/t14-,15+/m1/s1. The Hall–Kier alpha value is -2.06. The number of aryl methyl sites for hydroxylation is 1. The summed E-state index contributed by atoms with van der Waals surface area (Å²) in [5.41, 5.74) is 7.17. The summed E-state index contributed by atoms with van der Waals surface area (Å²) in [6.07, 6.45) is 3.49. The van der Waals surface area contributed by atoms with Crippen molar-refractivity contribution in [2.24, 2.45) is 11.7 Å². The van der Waals surface area contributed by atoms with Crippen LogP contribution in [0.1, 0.15) is 31.4 Å². The van der Waals surface area contributed by atoms with Gasteiger partial charge >= 0.3 is 6.03 Å². The number of nitrogens with two attached hydrogens (primary N) is 1. The van der Waals surface area contributed by atoms with Crippen molar-refractivity contribution in [3.05, 3.63) is 35.3 Å². The van der Waals surface area contributed by atoms with Gasteiger partial charge in [-0.3, -0.25) is 4.79 Å². The molecule has 6 nitrogen and oxygen atoms in total. The summed E-state index contributed by atoms with van der Waals surface area (Å²) >= 11 is 3.21. The second kappa shape index (κ2) is 8.55. The Morgan fingerprint density at radius 3 is 2.62 bits per heavy atom. The van der Waals surface area contributed by atoms with E-state index in [9.17, 15) is 9.59 Å². The van der Waals surface area contributed by atoms with E-state index >= 15 is 0 Å². The van der Waals surface area contributed by atoms with Gasteiger partial charge in [-0.2, -0.15) is 0 Å². The molecule has 2 atom stereocenters. The molecule has 1 aromatic heterocycles. The highest BCUT2D eigenvalue weighted by Gasteiger charge is 2.30. The molecule has 0 spiro atoms. The largest absolute Gasteiger partial charge is 0.369 e. The molecule has 8 heteroatoms. The smallest absolute Gasteiger partial charge is 0.319 e. The third kappa shape index (κ3) is 4.98. The minimum Gasteiger partial charge on any atom is -0.369 e. The van der Waals surface area contributed by atoms with E-state index in [0.29, 0.717) is 5.69 Å². The maximum absolute atomic E-state index is 12.2. The molecule has 3 rings (SSSR count). The molecule has 0 saturated heterocycles. The first-order valence-electron chi connectivity index (χ1n) is 8.58. The predicted molar refractivity (Wildman–Crippen MR) is 105 cm³/mol. The van der Waals surface area contributed by atoms with Gasteiger partial charge in [0.2, 0.25) is 5.91 Å². The molecule has 3 amide bonds. The zero-order valence-corrected chi connectivity index (χ0v) is 16.2. The van der Waals surface area contributed by atoms with Gasteiger partial charge in [-0.05, 0) is 44.0 Å². The lowest BCUT2D eigenvalue weighted by Gasteiger charge is -2.29. The van der Waals surface area contributed by atoms with Gasteiger partial charge in [-0.15, -0.1) is 11.3 Å². The molecule has 1 heterocycles. The van der Waals surface area contributed by atoms with Crippen LogP contribution >= 0.6 is 23.1 Å². The van der Waals surface area contributed by atoms with E-state index in [-0.39, 0.29) is 23.9 Å². The van der Waals surface area contributed by atoms with Crippen LogP contribution in [0.4, 0.5) is 10.5 Å². The van der Waals surface area contributed by atoms with Gasteiger partial charge in [-0.25, -0.2) is 9.78 Å². The third-order valence-corrected chi connectivity index (χ3v) is 6.43. The normalized spacial score (nSPS) is 19.7. The number of nitrogens with one attached hydrogen (secondary N) is 2. The molecule has 1 aliphatic carbocycles. The van der Waals surface area contributed by atoms with Crippen LogP contribution in [0.2, 0.25) is 0 Å². The number of primary amides is 1. The number of hydrogen-bond donors (Lipinski definition) is 3. The molecule has 4 N–H and O–H groups in total. The number of urea groups is 1. The molecule has 1 aromatic carbocycles. The van der Waals surface area contributed by atoms with Crippen molar-refractivity contribution in [1.29, 1.82) is 0 Å². The number of aromatic nitrogens is 1. The van der Waals surface area contributed by atoms with Crippen molar-refractivity contribution in [2.45, 2.75) is 47.9 Å². The summed E-state index contributed by atoms with van der Waals surface area (Å²) in [4.78, 5) is 29.3. The Bertz CT molecular complexity index is 776. The number of anilines is 1. The zero-order valence-electron chi connectivity index (χ0n) is 14.5. The fourth-order valence-corrected chi connectivity index (χ4v) is 4.88. The van der Waals surface area contributed by atoms with Crippen LogP contribution in [0.3, 0.4) is 0 Å². The van der Waals surface area contributed by atoms with Gasteiger partial charge < -0.3 is 16.4 Å². The van der Waals surface area contributed by atoms with Crippen LogP contribution in [0.5, 0.6) is 0 Å². The van der Waals surface area contributed by atoms with E-state index in [0.717, 1.165) is 40.6 Å². The third-order valence-electron chi connectivity index (χ3n) is 4.36. The highest BCUT2D eigenvalue weighted by Crippen LogP contribution is 2.31. The van der Waals surface area contributed by atoms with Crippen LogP contribution in [0.15, 0.2) is 38.9 Å². The highest BCUT2D eigenvalue weighted by atomic mass is 32.2. The Morgan fingerprint density at radius 1 is 1.23 bits per heavy atom. The molecule has 0 bridgehead atoms. The van der Waals surface area contributed by atoms with Crippen LogP contribution in [0, 0.1) is 12.8 Å². The fourth-order valence-electron chi connectivity index (χ4n) is 3.07. The Morgan fingerprint density at radius 2 is 1.96 bits per heavy atom. The second-order valence-electron chi connectivity index (χ2n) is 6.38. The first-order chi connectivity index (χ1) is 12.5. The van der Waals surface area contributed by atoms with Gasteiger partial charge in [0.25, 0.3) is 0 Å². The summed E-state index contributed by atoms with van der Waals surface area (Å²) in [6, 6.07) is 7.11. The lowest BCUT2D eigenvalue weighted by molar-refractivity contribution is -0.123. The molecule has 2 aromatic rings. The number of thiazole rings is 1. The lowest BCUT2D eigenvalue weighted by atomic mass is 9.84. The van der Waals surface area contributed by atoms with Gasteiger partial charge in [0.1, 0.15) is 0 Å². The number of carbonyl (C=O) groups excluding carboxylic acids is 2. The quantitative estimate of drug-likeness (QED) is 0.724. The monoisotopic (exact) mass is 390 g/mol. The lowest BCUT2D eigenvalue weighted by Crippen LogP contribution is -2.48. The van der Waals surface area contributed by atoms with Crippen molar-refractivity contribution in [2.75, 3.05) is 5.32 Å². The summed E-state index contributed by atoms with van der Waals surface area (Å²) in [6.45, 7) is 1.97. The summed E-state index contributed by atoms with van der Waals surface area (Å²) < 4.78 is 0.996. The Labute approximate surface area is 161 Å². The number of amides is 3. The van der Waals surface area contributed by atoms with Crippen LogP contribution in [-0.2, 0) is 4.79 Å². The van der Waals surface area contributed by atoms with Crippen molar-refractivity contribution < 1.29 is 9.59 Å². The van der Waals surface area contributed by atoms with Gasteiger partial charge in [0.15, 0.2) is 4.34 Å². The summed E-state index contributed by atoms with van der Waals surface area (Å²) in [5.74, 6) is -0.621. The van der Waals surface area contributed by atoms with Crippen LogP contribution in [-0.4, -0.2) is 23.0 Å². The van der Waals surface area contributed by atoms with Crippen molar-refractivity contribution in [3.63, 3.8) is 0 Å². The van der Waals surface area contributed by atoms with E-state index in [1.54, 1.807) is 23.1 Å². The second-order valence-corrected chi connectivity index (χ2v) is 8.56. The van der Waals surface area contributed by atoms with Gasteiger partial charge in [-0.1, -0.05) is 24.6 Å². The number of carbonyl (C=O) groups is 2. The minimum absolute atomic E-state index is 0.191. The van der Waals surface area contributed by atoms with E-state index in [1.807, 2.05) is 36.6 Å². The van der Waals surface area contributed by atoms with Gasteiger partial charge in [0.05, 0.1) is 5.92 Å². The molecule has 1 aliphatic rings. The van der Waals surface area contributed by atoms with Crippen LogP contribution in [0.25, 0.3) is 0 Å². The fraction of sp³-hybridized carbons (Fsp3) is 0.389. The summed E-state index contributed by atoms with van der Waals surface area (Å²) in [7, 11) is 0. The SMILES string of the molecule is Cc1csc(Sc2ccc(NC(=O)N[C@H]3CCCC[C@H]3C(N)=O)cc2)n1. The van der Waals surface area contributed by atoms with Crippen molar-refractivity contribution in [1.82, 2.24) is 10.3 Å². The predicted octanol–water partition coefficient (Wildman–Crippen LogP) is 3.77. The van der Waals surface area contributed by atoms with E-state index in [4.69, 9.17) is 5.73 Å². The van der Waals surface area contributed by atoms with E-state index in [1.165, 1.54) is 0 Å². The summed E-state index contributed by atoms with van der Waals surface area (Å²) in [5, 5.41) is 7.73. The average molecular weight is 391 g/mol. The molecule has 0 aliphatic heterocycles. The first kappa shape index (κ1) is 18.7. The molecule has 1 saturated carbocycles. The number of nitrogens with zero attached hydrogens (tertiary/aromatic N) is 1. The molecular weight excluding hydrogens is 368 g/mol. The topological polar surface area (TPSA) is 97.1 Å². The van der Waals surface area contributed by atoms with E-state index < -0.39 is 0 Å². The van der Waals surface area contributed by atoms with Gasteiger partial charge in [0, 0.05) is 27.7 Å². The maximum atomic E-state index is 12.2. The van der Waals surface area contributed by atoms with Crippen LogP contribution < -0.4 is 16.4 Å². The molecule has 1 fully saturated rings. The molecule has 138 valence electrons.